The summed E-state index contributed by atoms with van der Waals surface area (Å²) in [6.07, 6.45) is 0. The van der Waals surface area contributed by atoms with Crippen molar-refractivity contribution >= 4 is 0 Å². The molecule has 1 rings (SSSR count). The Morgan fingerprint density at radius 1 is 1.36 bits per heavy atom. The Bertz CT molecular complexity index is 348. The van der Waals surface area contributed by atoms with E-state index in [9.17, 15) is 4.39 Å². The molecule has 0 fully saturated rings. The molecule has 1 aromatic carbocycles. The van der Waals surface area contributed by atoms with Crippen molar-refractivity contribution in [2.45, 2.75) is 26.8 Å². The summed E-state index contributed by atoms with van der Waals surface area (Å²) in [7, 11) is 1.54. The highest BCUT2D eigenvalue weighted by atomic mass is 19.1. The first-order chi connectivity index (χ1) is 6.49. The highest BCUT2D eigenvalue weighted by molar-refractivity contribution is 5.46. The van der Waals surface area contributed by atoms with Crippen molar-refractivity contribution in [1.82, 2.24) is 0 Å². The summed E-state index contributed by atoms with van der Waals surface area (Å²) in [6.45, 7) is 5.42. The van der Waals surface area contributed by atoms with Crippen LogP contribution in [0.5, 0.6) is 5.75 Å². The average Bonchev–Trinajstić information content (AvgIpc) is 2.12. The van der Waals surface area contributed by atoms with E-state index in [0.29, 0.717) is 11.3 Å². The van der Waals surface area contributed by atoms with Crippen LogP contribution in [0.2, 0.25) is 0 Å². The molecular formula is C11H16FNO. The van der Waals surface area contributed by atoms with Crippen LogP contribution in [0.3, 0.4) is 0 Å². The van der Waals surface area contributed by atoms with Gasteiger partial charge in [0.15, 0.2) is 0 Å². The van der Waals surface area contributed by atoms with Crippen LogP contribution in [-0.2, 0) is 0 Å². The minimum absolute atomic E-state index is 0.181. The second kappa shape index (κ2) is 3.96. The van der Waals surface area contributed by atoms with Gasteiger partial charge in [-0.25, -0.2) is 4.39 Å². The van der Waals surface area contributed by atoms with Gasteiger partial charge in [0.1, 0.15) is 11.6 Å². The summed E-state index contributed by atoms with van der Waals surface area (Å²) >= 11 is 0. The van der Waals surface area contributed by atoms with Gasteiger partial charge in [0, 0.05) is 11.6 Å². The number of rotatable bonds is 2. The van der Waals surface area contributed by atoms with Gasteiger partial charge >= 0.3 is 0 Å². The van der Waals surface area contributed by atoms with Crippen molar-refractivity contribution < 1.29 is 9.13 Å². The summed E-state index contributed by atoms with van der Waals surface area (Å²) < 4.78 is 18.6. The largest absolute Gasteiger partial charge is 0.496 e. The third-order valence-electron chi connectivity index (χ3n) is 2.45. The number of methoxy groups -OCH3 is 1. The third-order valence-corrected chi connectivity index (χ3v) is 2.45. The van der Waals surface area contributed by atoms with Crippen molar-refractivity contribution in [3.05, 3.63) is 28.6 Å². The van der Waals surface area contributed by atoms with Crippen LogP contribution in [0, 0.1) is 19.7 Å². The fourth-order valence-electron chi connectivity index (χ4n) is 1.65. The van der Waals surface area contributed by atoms with Gasteiger partial charge in [0.2, 0.25) is 0 Å². The smallest absolute Gasteiger partial charge is 0.130 e. The fraction of sp³-hybridized carbons (Fsp3) is 0.455. The van der Waals surface area contributed by atoms with Gasteiger partial charge in [-0.2, -0.15) is 0 Å². The van der Waals surface area contributed by atoms with Crippen molar-refractivity contribution in [3.8, 4) is 5.75 Å². The van der Waals surface area contributed by atoms with E-state index in [-0.39, 0.29) is 11.9 Å². The molecule has 0 spiro atoms. The first kappa shape index (κ1) is 11.0. The highest BCUT2D eigenvalue weighted by Gasteiger charge is 2.14. The number of nitrogens with two attached hydrogens (primary N) is 1. The van der Waals surface area contributed by atoms with Crippen molar-refractivity contribution in [2.24, 2.45) is 5.73 Å². The zero-order chi connectivity index (χ0) is 10.9. The van der Waals surface area contributed by atoms with Gasteiger partial charge in [-0.1, -0.05) is 0 Å². The Labute approximate surface area is 83.9 Å². The van der Waals surface area contributed by atoms with E-state index in [1.165, 1.54) is 6.07 Å². The fourth-order valence-corrected chi connectivity index (χ4v) is 1.65. The number of halogens is 1. The lowest BCUT2D eigenvalue weighted by Crippen LogP contribution is -2.09. The molecule has 0 radical (unpaired) electrons. The van der Waals surface area contributed by atoms with E-state index in [4.69, 9.17) is 10.5 Å². The van der Waals surface area contributed by atoms with E-state index in [2.05, 4.69) is 0 Å². The Balaban J connectivity index is 3.42. The van der Waals surface area contributed by atoms with Gasteiger partial charge in [-0.15, -0.1) is 0 Å². The normalized spacial score (nSPS) is 12.7. The predicted octanol–water partition coefficient (Wildman–Crippen LogP) is 2.47. The van der Waals surface area contributed by atoms with Crippen LogP contribution in [0.25, 0.3) is 0 Å². The first-order valence-corrected chi connectivity index (χ1v) is 4.58. The third kappa shape index (κ3) is 1.73. The topological polar surface area (TPSA) is 35.2 Å². The Hall–Kier alpha value is -1.09. The Kier molecular flexibility index (Phi) is 3.11. The lowest BCUT2D eigenvalue weighted by molar-refractivity contribution is 0.402. The zero-order valence-corrected chi connectivity index (χ0v) is 9.02. The van der Waals surface area contributed by atoms with E-state index in [0.717, 1.165) is 11.1 Å². The molecule has 1 unspecified atom stereocenters. The van der Waals surface area contributed by atoms with Crippen LogP contribution < -0.4 is 10.5 Å². The van der Waals surface area contributed by atoms with Gasteiger partial charge < -0.3 is 10.5 Å². The molecule has 1 aromatic rings. The second-order valence-electron chi connectivity index (χ2n) is 3.52. The molecule has 0 aliphatic carbocycles. The van der Waals surface area contributed by atoms with E-state index < -0.39 is 0 Å². The minimum atomic E-state index is -0.264. The molecule has 1 atom stereocenters. The maximum Gasteiger partial charge on any atom is 0.130 e. The van der Waals surface area contributed by atoms with Crippen LogP contribution in [0.15, 0.2) is 6.07 Å². The lowest BCUT2D eigenvalue weighted by atomic mass is 9.99. The SMILES string of the molecule is COc1c(C)c(F)cc(C(C)N)c1C. The van der Waals surface area contributed by atoms with Crippen LogP contribution in [0.4, 0.5) is 4.39 Å². The van der Waals surface area contributed by atoms with Crippen molar-refractivity contribution in [2.75, 3.05) is 7.11 Å². The molecule has 78 valence electrons. The van der Waals surface area contributed by atoms with E-state index in [1.54, 1.807) is 14.0 Å². The Morgan fingerprint density at radius 2 is 1.93 bits per heavy atom. The molecule has 0 bridgehead atoms. The van der Waals surface area contributed by atoms with Gasteiger partial charge in [0.05, 0.1) is 7.11 Å². The van der Waals surface area contributed by atoms with Crippen LogP contribution >= 0.6 is 0 Å². The molecule has 0 saturated carbocycles. The summed E-state index contributed by atoms with van der Waals surface area (Å²) in [5, 5.41) is 0. The van der Waals surface area contributed by atoms with Crippen molar-refractivity contribution in [3.63, 3.8) is 0 Å². The van der Waals surface area contributed by atoms with Crippen LogP contribution in [0.1, 0.15) is 29.7 Å². The lowest BCUT2D eigenvalue weighted by Gasteiger charge is -2.16. The van der Waals surface area contributed by atoms with E-state index in [1.807, 2.05) is 13.8 Å². The molecule has 14 heavy (non-hydrogen) atoms. The van der Waals surface area contributed by atoms with Crippen molar-refractivity contribution in [1.29, 1.82) is 0 Å². The maximum absolute atomic E-state index is 13.4. The summed E-state index contributed by atoms with van der Waals surface area (Å²) in [5.41, 5.74) is 7.99. The molecule has 0 aliphatic rings. The molecule has 2 N–H and O–H groups in total. The molecule has 0 heterocycles. The summed E-state index contributed by atoms with van der Waals surface area (Å²) in [5.74, 6) is 0.331. The van der Waals surface area contributed by atoms with Gasteiger partial charge in [-0.05, 0) is 38.0 Å². The average molecular weight is 197 g/mol. The van der Waals surface area contributed by atoms with E-state index >= 15 is 0 Å². The molecule has 3 heteroatoms. The number of hydrogen-bond donors (Lipinski definition) is 1. The first-order valence-electron chi connectivity index (χ1n) is 4.58. The monoisotopic (exact) mass is 197 g/mol. The number of benzene rings is 1. The standard InChI is InChI=1S/C11H16FNO/c1-6-9(8(3)13)5-10(12)7(2)11(6)14-4/h5,8H,13H2,1-4H3. The number of ether oxygens (including phenoxy) is 1. The highest BCUT2D eigenvalue weighted by Crippen LogP contribution is 2.30. The zero-order valence-electron chi connectivity index (χ0n) is 9.02. The molecule has 0 aromatic heterocycles. The number of hydrogen-bond acceptors (Lipinski definition) is 2. The molecule has 0 amide bonds. The van der Waals surface area contributed by atoms with Gasteiger partial charge in [0.25, 0.3) is 0 Å². The maximum atomic E-state index is 13.4. The second-order valence-corrected chi connectivity index (χ2v) is 3.52. The molecular weight excluding hydrogens is 181 g/mol. The van der Waals surface area contributed by atoms with Gasteiger partial charge in [-0.3, -0.25) is 0 Å². The predicted molar refractivity (Wildman–Crippen MR) is 55.0 cm³/mol. The summed E-state index contributed by atoms with van der Waals surface area (Å²) in [4.78, 5) is 0. The molecule has 2 nitrogen and oxygen atoms in total. The Morgan fingerprint density at radius 3 is 2.36 bits per heavy atom. The quantitative estimate of drug-likeness (QED) is 0.790. The minimum Gasteiger partial charge on any atom is -0.496 e. The van der Waals surface area contributed by atoms with Crippen LogP contribution in [-0.4, -0.2) is 7.11 Å². The molecule has 0 saturated heterocycles. The summed E-state index contributed by atoms with van der Waals surface area (Å²) in [6, 6.07) is 1.30. The molecule has 0 aliphatic heterocycles.